The molecule has 1 aromatic carbocycles. The van der Waals surface area contributed by atoms with Gasteiger partial charge < -0.3 is 5.32 Å². The highest BCUT2D eigenvalue weighted by atomic mass is 14.9. The van der Waals surface area contributed by atoms with Crippen molar-refractivity contribution in [3.8, 4) is 0 Å². The fraction of sp³-hybridized carbons (Fsp3) is 0.250. The topological polar surface area (TPSA) is 24.9 Å². The number of anilines is 1. The lowest BCUT2D eigenvalue weighted by molar-refractivity contribution is 0.980. The normalized spacial score (nSPS) is 10.4. The maximum Gasteiger partial charge on any atom is 0.0606 e. The minimum Gasteiger partial charge on any atom is -0.383 e. The van der Waals surface area contributed by atoms with Gasteiger partial charge in [-0.2, -0.15) is 0 Å². The van der Waals surface area contributed by atoms with Crippen LogP contribution in [-0.2, 0) is 0 Å². The van der Waals surface area contributed by atoms with Gasteiger partial charge in [0, 0.05) is 23.5 Å². The smallest absolute Gasteiger partial charge is 0.0606 e. The molecular weight excluding hydrogens is 172 g/mol. The van der Waals surface area contributed by atoms with Crippen molar-refractivity contribution in [3.63, 3.8) is 0 Å². The molecule has 0 aliphatic heterocycles. The monoisotopic (exact) mass is 186 g/mol. The Hall–Kier alpha value is -1.57. The van der Waals surface area contributed by atoms with Crippen LogP contribution >= 0.6 is 0 Å². The van der Waals surface area contributed by atoms with E-state index < -0.39 is 0 Å². The van der Waals surface area contributed by atoms with Crippen molar-refractivity contribution in [2.24, 2.45) is 0 Å². The van der Waals surface area contributed by atoms with Gasteiger partial charge in [-0.25, -0.2) is 0 Å². The molecular formula is C12H14N2. The molecule has 2 nitrogen and oxygen atoms in total. The Morgan fingerprint density at radius 1 is 1.21 bits per heavy atom. The molecule has 14 heavy (non-hydrogen) atoms. The Morgan fingerprint density at radius 2 is 2.07 bits per heavy atom. The number of benzene rings is 1. The van der Waals surface area contributed by atoms with Crippen LogP contribution in [0.5, 0.6) is 0 Å². The number of pyridine rings is 1. The Balaban J connectivity index is 2.43. The first kappa shape index (κ1) is 9.00. The highest BCUT2D eigenvalue weighted by Crippen LogP contribution is 2.21. The molecule has 0 spiro atoms. The van der Waals surface area contributed by atoms with Gasteiger partial charge in [0.2, 0.25) is 0 Å². The summed E-state index contributed by atoms with van der Waals surface area (Å²) in [4.78, 5) is 4.20. The second kappa shape index (κ2) is 4.09. The lowest BCUT2D eigenvalue weighted by Crippen LogP contribution is -2.00. The lowest BCUT2D eigenvalue weighted by Gasteiger charge is -2.07. The van der Waals surface area contributed by atoms with Gasteiger partial charge in [0.05, 0.1) is 11.9 Å². The molecule has 0 unspecified atom stereocenters. The maximum absolute atomic E-state index is 4.20. The van der Waals surface area contributed by atoms with Gasteiger partial charge in [-0.05, 0) is 6.42 Å². The van der Waals surface area contributed by atoms with Crippen molar-refractivity contribution in [2.45, 2.75) is 13.3 Å². The molecule has 2 aromatic rings. The van der Waals surface area contributed by atoms with Gasteiger partial charge in [-0.1, -0.05) is 31.2 Å². The zero-order chi connectivity index (χ0) is 9.80. The molecule has 0 radical (unpaired) electrons. The number of hydrogen-bond donors (Lipinski definition) is 1. The number of fused-ring (bicyclic) bond motifs is 1. The van der Waals surface area contributed by atoms with Crippen LogP contribution in [0, 0.1) is 0 Å². The third kappa shape index (κ3) is 1.69. The Morgan fingerprint density at radius 3 is 2.93 bits per heavy atom. The van der Waals surface area contributed by atoms with E-state index in [4.69, 9.17) is 0 Å². The van der Waals surface area contributed by atoms with E-state index >= 15 is 0 Å². The molecule has 0 saturated heterocycles. The van der Waals surface area contributed by atoms with E-state index in [1.807, 2.05) is 18.5 Å². The number of nitrogens with zero attached hydrogens (tertiary/aromatic N) is 1. The van der Waals surface area contributed by atoms with Gasteiger partial charge in [0.25, 0.3) is 0 Å². The summed E-state index contributed by atoms with van der Waals surface area (Å²) in [6, 6.07) is 8.29. The van der Waals surface area contributed by atoms with E-state index in [2.05, 4.69) is 35.4 Å². The average Bonchev–Trinajstić information content (AvgIpc) is 2.26. The summed E-state index contributed by atoms with van der Waals surface area (Å²) in [7, 11) is 0. The zero-order valence-electron chi connectivity index (χ0n) is 8.33. The van der Waals surface area contributed by atoms with Crippen LogP contribution in [0.1, 0.15) is 13.3 Å². The van der Waals surface area contributed by atoms with E-state index in [0.29, 0.717) is 0 Å². The average molecular weight is 186 g/mol. The second-order valence-corrected chi connectivity index (χ2v) is 3.33. The fourth-order valence-corrected chi connectivity index (χ4v) is 1.52. The molecule has 0 fully saturated rings. The van der Waals surface area contributed by atoms with Gasteiger partial charge in [-0.3, -0.25) is 4.98 Å². The fourth-order valence-electron chi connectivity index (χ4n) is 1.52. The van der Waals surface area contributed by atoms with Gasteiger partial charge >= 0.3 is 0 Å². The number of hydrogen-bond acceptors (Lipinski definition) is 2. The molecule has 1 heterocycles. The first-order valence-corrected chi connectivity index (χ1v) is 4.98. The summed E-state index contributed by atoms with van der Waals surface area (Å²) in [5.74, 6) is 0. The first-order valence-electron chi connectivity index (χ1n) is 4.98. The summed E-state index contributed by atoms with van der Waals surface area (Å²) in [6.45, 7) is 3.15. The van der Waals surface area contributed by atoms with Crippen molar-refractivity contribution >= 4 is 16.5 Å². The van der Waals surface area contributed by atoms with Crippen LogP contribution in [-0.4, -0.2) is 11.5 Å². The largest absolute Gasteiger partial charge is 0.383 e. The van der Waals surface area contributed by atoms with Crippen molar-refractivity contribution in [2.75, 3.05) is 11.9 Å². The molecule has 2 rings (SSSR count). The van der Waals surface area contributed by atoms with Gasteiger partial charge in [0.15, 0.2) is 0 Å². The van der Waals surface area contributed by atoms with Crippen molar-refractivity contribution in [3.05, 3.63) is 36.7 Å². The first-order chi connectivity index (χ1) is 6.92. The van der Waals surface area contributed by atoms with E-state index in [-0.39, 0.29) is 0 Å². The lowest BCUT2D eigenvalue weighted by atomic mass is 10.1. The highest BCUT2D eigenvalue weighted by molar-refractivity contribution is 5.92. The summed E-state index contributed by atoms with van der Waals surface area (Å²) in [5, 5.41) is 5.81. The molecule has 0 saturated carbocycles. The van der Waals surface area contributed by atoms with E-state index in [1.54, 1.807) is 0 Å². The SMILES string of the molecule is CCCNc1cncc2ccccc12. The summed E-state index contributed by atoms with van der Waals surface area (Å²) >= 11 is 0. The minimum atomic E-state index is 0.996. The predicted octanol–water partition coefficient (Wildman–Crippen LogP) is 3.06. The molecule has 0 atom stereocenters. The molecule has 1 N–H and O–H groups in total. The van der Waals surface area contributed by atoms with Crippen molar-refractivity contribution in [1.29, 1.82) is 0 Å². The van der Waals surface area contributed by atoms with Crippen LogP contribution in [0.4, 0.5) is 5.69 Å². The quantitative estimate of drug-likeness (QED) is 0.796. The number of aromatic nitrogens is 1. The Bertz CT molecular complexity index is 418. The van der Waals surface area contributed by atoms with Gasteiger partial charge in [-0.15, -0.1) is 0 Å². The molecule has 0 bridgehead atoms. The summed E-state index contributed by atoms with van der Waals surface area (Å²) in [6.07, 6.45) is 4.91. The van der Waals surface area contributed by atoms with Crippen LogP contribution in [0.25, 0.3) is 10.8 Å². The second-order valence-electron chi connectivity index (χ2n) is 3.33. The maximum atomic E-state index is 4.20. The summed E-state index contributed by atoms with van der Waals surface area (Å²) < 4.78 is 0. The summed E-state index contributed by atoms with van der Waals surface area (Å²) in [5.41, 5.74) is 1.13. The Kier molecular flexibility index (Phi) is 2.63. The van der Waals surface area contributed by atoms with Crippen molar-refractivity contribution < 1.29 is 0 Å². The molecule has 0 aliphatic rings. The van der Waals surface area contributed by atoms with E-state index in [0.717, 1.165) is 18.7 Å². The number of rotatable bonds is 3. The van der Waals surface area contributed by atoms with Crippen molar-refractivity contribution in [1.82, 2.24) is 4.98 Å². The van der Waals surface area contributed by atoms with Crippen LogP contribution < -0.4 is 5.32 Å². The molecule has 72 valence electrons. The molecule has 0 aliphatic carbocycles. The molecule has 0 amide bonds. The Labute approximate surface area is 84.0 Å². The standard InChI is InChI=1S/C12H14N2/c1-2-7-14-12-9-13-8-10-5-3-4-6-11(10)12/h3-6,8-9,14H,2,7H2,1H3. The molecule has 2 heteroatoms. The van der Waals surface area contributed by atoms with E-state index in [9.17, 15) is 0 Å². The predicted molar refractivity (Wildman–Crippen MR) is 60.5 cm³/mol. The van der Waals surface area contributed by atoms with Crippen LogP contribution in [0.2, 0.25) is 0 Å². The van der Waals surface area contributed by atoms with E-state index in [1.165, 1.54) is 10.8 Å². The van der Waals surface area contributed by atoms with Crippen LogP contribution in [0.3, 0.4) is 0 Å². The number of nitrogens with one attached hydrogen (secondary N) is 1. The van der Waals surface area contributed by atoms with Gasteiger partial charge in [0.1, 0.15) is 0 Å². The molecule has 1 aromatic heterocycles. The third-order valence-electron chi connectivity index (χ3n) is 2.23. The highest BCUT2D eigenvalue weighted by Gasteiger charge is 1.98. The third-order valence-corrected chi connectivity index (χ3v) is 2.23. The zero-order valence-corrected chi connectivity index (χ0v) is 8.33. The van der Waals surface area contributed by atoms with Crippen LogP contribution in [0.15, 0.2) is 36.7 Å². The minimum absolute atomic E-state index is 0.996.